The van der Waals surface area contributed by atoms with Crippen LogP contribution in [0.1, 0.15) is 37.9 Å². The SMILES string of the molecule is COc1ccc([C@H]2[C@H](O)C(=O)N2c2ccccc2CO[Si](C)(C)C(C)(C)C)cc1. The molecular weight excluding hydrogens is 382 g/mol. The van der Waals surface area contributed by atoms with Crippen molar-refractivity contribution in [1.29, 1.82) is 0 Å². The molecule has 0 saturated carbocycles. The molecule has 5 nitrogen and oxygen atoms in total. The van der Waals surface area contributed by atoms with Crippen LogP contribution in [0.25, 0.3) is 0 Å². The lowest BCUT2D eigenvalue weighted by Gasteiger charge is -2.45. The Hall–Kier alpha value is -2.15. The summed E-state index contributed by atoms with van der Waals surface area (Å²) in [5.41, 5.74) is 2.62. The van der Waals surface area contributed by atoms with Gasteiger partial charge in [-0.1, -0.05) is 51.1 Å². The van der Waals surface area contributed by atoms with Crippen molar-refractivity contribution in [2.24, 2.45) is 0 Å². The van der Waals surface area contributed by atoms with Gasteiger partial charge in [-0.05, 0) is 41.9 Å². The molecule has 6 heteroatoms. The van der Waals surface area contributed by atoms with E-state index in [1.807, 2.05) is 48.5 Å². The monoisotopic (exact) mass is 413 g/mol. The van der Waals surface area contributed by atoms with Gasteiger partial charge in [-0.15, -0.1) is 0 Å². The molecule has 0 aliphatic carbocycles. The fourth-order valence-corrected chi connectivity index (χ4v) is 4.17. The number of carbonyl (C=O) groups is 1. The highest BCUT2D eigenvalue weighted by Crippen LogP contribution is 2.42. The third-order valence-corrected chi connectivity index (χ3v) is 10.6. The topological polar surface area (TPSA) is 59.0 Å². The molecule has 156 valence electrons. The van der Waals surface area contributed by atoms with Gasteiger partial charge in [0.25, 0.3) is 5.91 Å². The smallest absolute Gasteiger partial charge is 0.259 e. The molecule has 0 bridgehead atoms. The number of ether oxygens (including phenoxy) is 1. The number of anilines is 1. The van der Waals surface area contributed by atoms with Crippen molar-refractivity contribution in [3.05, 3.63) is 59.7 Å². The molecule has 29 heavy (non-hydrogen) atoms. The van der Waals surface area contributed by atoms with Crippen LogP contribution in [0.3, 0.4) is 0 Å². The second kappa shape index (κ2) is 7.93. The Bertz CT molecular complexity index is 873. The van der Waals surface area contributed by atoms with Crippen LogP contribution in [-0.2, 0) is 15.8 Å². The van der Waals surface area contributed by atoms with Gasteiger partial charge in [0.2, 0.25) is 0 Å². The Kier molecular flexibility index (Phi) is 5.90. The number of β-lactam (4-membered cyclic amide) rings is 1. The first-order valence-electron chi connectivity index (χ1n) is 9.94. The van der Waals surface area contributed by atoms with Crippen LogP contribution in [0.2, 0.25) is 18.1 Å². The average Bonchev–Trinajstić information content (AvgIpc) is 2.69. The summed E-state index contributed by atoms with van der Waals surface area (Å²) < 4.78 is 11.6. The number of para-hydroxylation sites is 1. The van der Waals surface area contributed by atoms with Crippen LogP contribution in [0.5, 0.6) is 5.75 Å². The van der Waals surface area contributed by atoms with Crippen molar-refractivity contribution in [3.8, 4) is 5.75 Å². The largest absolute Gasteiger partial charge is 0.497 e. The molecule has 1 aliphatic heterocycles. The number of rotatable bonds is 6. The quantitative estimate of drug-likeness (QED) is 0.552. The highest BCUT2D eigenvalue weighted by molar-refractivity contribution is 6.74. The van der Waals surface area contributed by atoms with E-state index < -0.39 is 20.5 Å². The molecule has 0 aromatic heterocycles. The number of hydrogen-bond acceptors (Lipinski definition) is 4. The maximum atomic E-state index is 12.6. The van der Waals surface area contributed by atoms with E-state index >= 15 is 0 Å². The molecule has 2 aromatic carbocycles. The van der Waals surface area contributed by atoms with Gasteiger partial charge < -0.3 is 14.3 Å². The minimum absolute atomic E-state index is 0.107. The molecule has 1 aliphatic rings. The molecule has 0 spiro atoms. The predicted octanol–water partition coefficient (Wildman–Crippen LogP) is 4.67. The zero-order valence-corrected chi connectivity index (χ0v) is 19.1. The second-order valence-corrected chi connectivity index (χ2v) is 13.9. The summed E-state index contributed by atoms with van der Waals surface area (Å²) in [7, 11) is -0.314. The second-order valence-electron chi connectivity index (χ2n) is 9.05. The molecule has 1 saturated heterocycles. The zero-order chi connectivity index (χ0) is 21.4. The molecule has 0 unspecified atom stereocenters. The molecule has 1 fully saturated rings. The van der Waals surface area contributed by atoms with E-state index in [9.17, 15) is 9.90 Å². The van der Waals surface area contributed by atoms with Crippen LogP contribution in [0, 0.1) is 0 Å². The number of benzene rings is 2. The van der Waals surface area contributed by atoms with Crippen LogP contribution < -0.4 is 9.64 Å². The van der Waals surface area contributed by atoms with Gasteiger partial charge >= 0.3 is 0 Å². The third kappa shape index (κ3) is 4.10. The van der Waals surface area contributed by atoms with Gasteiger partial charge in [0.1, 0.15) is 5.75 Å². The van der Waals surface area contributed by atoms with Crippen molar-refractivity contribution >= 4 is 19.9 Å². The summed E-state index contributed by atoms with van der Waals surface area (Å²) in [6.45, 7) is 11.5. The Labute approximate surface area is 174 Å². The predicted molar refractivity (Wildman–Crippen MR) is 118 cm³/mol. The summed E-state index contributed by atoms with van der Waals surface area (Å²) in [4.78, 5) is 14.3. The van der Waals surface area contributed by atoms with Crippen molar-refractivity contribution in [3.63, 3.8) is 0 Å². The maximum Gasteiger partial charge on any atom is 0.259 e. The summed E-state index contributed by atoms with van der Waals surface area (Å²) in [6.07, 6.45) is -1.04. The number of carbonyl (C=O) groups excluding carboxylic acids is 1. The van der Waals surface area contributed by atoms with Crippen LogP contribution >= 0.6 is 0 Å². The number of amides is 1. The number of aliphatic hydroxyl groups is 1. The Morgan fingerprint density at radius 1 is 1.07 bits per heavy atom. The highest BCUT2D eigenvalue weighted by atomic mass is 28.4. The van der Waals surface area contributed by atoms with Gasteiger partial charge in [-0.3, -0.25) is 9.69 Å². The van der Waals surface area contributed by atoms with E-state index in [2.05, 4.69) is 33.9 Å². The molecule has 2 aromatic rings. The van der Waals surface area contributed by atoms with E-state index in [0.29, 0.717) is 6.61 Å². The highest BCUT2D eigenvalue weighted by Gasteiger charge is 2.48. The molecule has 3 rings (SSSR count). The lowest BCUT2D eigenvalue weighted by Crippen LogP contribution is -2.59. The van der Waals surface area contributed by atoms with Gasteiger partial charge in [0, 0.05) is 5.56 Å². The van der Waals surface area contributed by atoms with Gasteiger partial charge in [-0.25, -0.2) is 0 Å². The fraction of sp³-hybridized carbons (Fsp3) is 0.435. The average molecular weight is 414 g/mol. The number of methoxy groups -OCH3 is 1. The zero-order valence-electron chi connectivity index (χ0n) is 18.1. The van der Waals surface area contributed by atoms with Crippen molar-refractivity contribution in [2.45, 2.75) is 57.7 Å². The molecular formula is C23H31NO4Si. The first-order valence-corrected chi connectivity index (χ1v) is 12.8. The summed E-state index contributed by atoms with van der Waals surface area (Å²) in [5.74, 6) is 0.453. The normalized spacial score (nSPS) is 19.8. The first kappa shape index (κ1) is 21.6. The van der Waals surface area contributed by atoms with Crippen molar-refractivity contribution < 1.29 is 19.1 Å². The molecule has 1 heterocycles. The molecule has 2 atom stereocenters. The lowest BCUT2D eigenvalue weighted by atomic mass is 9.89. The lowest BCUT2D eigenvalue weighted by molar-refractivity contribution is -0.137. The summed E-state index contributed by atoms with van der Waals surface area (Å²) in [6, 6.07) is 14.8. The minimum atomic E-state index is -1.93. The Morgan fingerprint density at radius 3 is 2.28 bits per heavy atom. The summed E-state index contributed by atoms with van der Waals surface area (Å²) >= 11 is 0. The molecule has 1 N–H and O–H groups in total. The van der Waals surface area contributed by atoms with E-state index in [-0.39, 0.29) is 10.9 Å². The number of aliphatic hydroxyl groups excluding tert-OH is 1. The number of nitrogens with zero attached hydrogens (tertiary/aromatic N) is 1. The van der Waals surface area contributed by atoms with E-state index in [1.54, 1.807) is 12.0 Å². The third-order valence-electron chi connectivity index (χ3n) is 6.17. The molecule has 0 radical (unpaired) electrons. The van der Waals surface area contributed by atoms with Gasteiger partial charge in [-0.2, -0.15) is 0 Å². The van der Waals surface area contributed by atoms with E-state index in [1.165, 1.54) is 0 Å². The van der Waals surface area contributed by atoms with E-state index in [4.69, 9.17) is 9.16 Å². The Balaban J connectivity index is 1.88. The molecule has 1 amide bonds. The van der Waals surface area contributed by atoms with Crippen molar-refractivity contribution in [1.82, 2.24) is 0 Å². The summed E-state index contributed by atoms with van der Waals surface area (Å²) in [5, 5.41) is 10.5. The number of hydrogen-bond donors (Lipinski definition) is 1. The van der Waals surface area contributed by atoms with Gasteiger partial charge in [0.05, 0.1) is 25.4 Å². The van der Waals surface area contributed by atoms with Gasteiger partial charge in [0.15, 0.2) is 14.4 Å². The van der Waals surface area contributed by atoms with Crippen molar-refractivity contribution in [2.75, 3.05) is 12.0 Å². The fourth-order valence-electron chi connectivity index (χ4n) is 3.22. The Morgan fingerprint density at radius 2 is 1.69 bits per heavy atom. The standard InChI is InChI=1S/C23H31NO4Si/c1-23(2,3)29(5,6)28-15-17-9-7-8-10-19(17)24-20(21(25)22(24)26)16-11-13-18(27-4)14-12-16/h7-14,20-21,25H,15H2,1-6H3/t20-,21-/m0/s1. The van der Waals surface area contributed by atoms with Crippen LogP contribution in [-0.4, -0.2) is 32.5 Å². The van der Waals surface area contributed by atoms with Crippen LogP contribution in [0.15, 0.2) is 48.5 Å². The van der Waals surface area contributed by atoms with Crippen LogP contribution in [0.4, 0.5) is 5.69 Å². The van der Waals surface area contributed by atoms with E-state index in [0.717, 1.165) is 22.6 Å². The maximum absolute atomic E-state index is 12.6. The minimum Gasteiger partial charge on any atom is -0.497 e. The first-order chi connectivity index (χ1) is 13.6.